The number of H-pyrrole nitrogens is 1. The van der Waals surface area contributed by atoms with Crippen LogP contribution in [0.4, 0.5) is 0 Å². The number of carbonyl (C=O) groups excluding carboxylic acids is 1. The van der Waals surface area contributed by atoms with Gasteiger partial charge in [0.2, 0.25) is 0 Å². The van der Waals surface area contributed by atoms with Crippen LogP contribution in [-0.2, 0) is 22.6 Å². The topological polar surface area (TPSA) is 75.3 Å². The van der Waals surface area contributed by atoms with Gasteiger partial charge in [-0.15, -0.1) is 0 Å². The highest BCUT2D eigenvalue weighted by Gasteiger charge is 2.30. The van der Waals surface area contributed by atoms with E-state index in [0.717, 1.165) is 0 Å². The van der Waals surface area contributed by atoms with Crippen molar-refractivity contribution < 1.29 is 9.53 Å². The minimum absolute atomic E-state index is 0.0879. The lowest BCUT2D eigenvalue weighted by molar-refractivity contribution is -0.142. The molecular formula is C12H17N3O3. The minimum Gasteiger partial charge on any atom is -0.372 e. The number of aromatic amines is 1. The van der Waals surface area contributed by atoms with Gasteiger partial charge in [-0.2, -0.15) is 0 Å². The summed E-state index contributed by atoms with van der Waals surface area (Å²) in [5.41, 5.74) is 1.12. The number of nitrogens with zero attached hydrogens (tertiary/aromatic N) is 2. The number of amides is 1. The molecule has 0 saturated carbocycles. The molecule has 1 aromatic rings. The summed E-state index contributed by atoms with van der Waals surface area (Å²) in [6.07, 6.45) is 0.171. The van der Waals surface area contributed by atoms with E-state index in [9.17, 15) is 9.59 Å². The van der Waals surface area contributed by atoms with E-state index in [1.165, 1.54) is 7.11 Å². The third-order valence-electron chi connectivity index (χ3n) is 3.15. The smallest absolute Gasteiger partial charge is 0.256 e. The van der Waals surface area contributed by atoms with Gasteiger partial charge in [0, 0.05) is 7.11 Å². The predicted molar refractivity (Wildman–Crippen MR) is 64.9 cm³/mol. The fourth-order valence-electron chi connectivity index (χ4n) is 2.19. The van der Waals surface area contributed by atoms with E-state index in [1.807, 2.05) is 6.92 Å². The van der Waals surface area contributed by atoms with E-state index in [-0.39, 0.29) is 11.5 Å². The summed E-state index contributed by atoms with van der Waals surface area (Å²) in [4.78, 5) is 32.4. The molecule has 1 unspecified atom stereocenters. The summed E-state index contributed by atoms with van der Waals surface area (Å²) in [6, 6.07) is 0. The van der Waals surface area contributed by atoms with Crippen molar-refractivity contribution in [2.75, 3.05) is 7.11 Å². The Morgan fingerprint density at radius 2 is 2.28 bits per heavy atom. The van der Waals surface area contributed by atoms with Crippen molar-refractivity contribution in [1.82, 2.24) is 14.9 Å². The molecule has 1 atom stereocenters. The second-order valence-corrected chi connectivity index (χ2v) is 4.40. The van der Waals surface area contributed by atoms with Gasteiger partial charge in [0.1, 0.15) is 11.9 Å². The van der Waals surface area contributed by atoms with E-state index in [4.69, 9.17) is 4.74 Å². The van der Waals surface area contributed by atoms with Crippen LogP contribution in [-0.4, -0.2) is 34.0 Å². The van der Waals surface area contributed by atoms with Gasteiger partial charge in [-0.1, -0.05) is 6.92 Å². The maximum atomic E-state index is 12.1. The number of carbonyl (C=O) groups is 1. The van der Waals surface area contributed by atoms with Crippen molar-refractivity contribution in [3.63, 3.8) is 0 Å². The number of methoxy groups -OCH3 is 1. The van der Waals surface area contributed by atoms with Crippen molar-refractivity contribution in [3.05, 3.63) is 27.4 Å². The van der Waals surface area contributed by atoms with Crippen molar-refractivity contribution in [3.8, 4) is 0 Å². The number of rotatable bonds is 3. The van der Waals surface area contributed by atoms with Gasteiger partial charge in [-0.25, -0.2) is 4.98 Å². The summed E-state index contributed by atoms with van der Waals surface area (Å²) < 4.78 is 5.13. The first-order valence-corrected chi connectivity index (χ1v) is 5.97. The molecule has 2 heterocycles. The molecular weight excluding hydrogens is 234 g/mol. The average molecular weight is 251 g/mol. The molecule has 0 aliphatic carbocycles. The second-order valence-electron chi connectivity index (χ2n) is 4.40. The maximum Gasteiger partial charge on any atom is 0.256 e. The first-order chi connectivity index (χ1) is 8.56. The molecule has 0 aromatic carbocycles. The van der Waals surface area contributed by atoms with Gasteiger partial charge >= 0.3 is 0 Å². The van der Waals surface area contributed by atoms with Crippen LogP contribution in [0.3, 0.4) is 0 Å². The second kappa shape index (κ2) is 4.89. The molecule has 1 aromatic heterocycles. The number of fused-ring (bicyclic) bond motifs is 1. The summed E-state index contributed by atoms with van der Waals surface area (Å²) >= 11 is 0. The summed E-state index contributed by atoms with van der Waals surface area (Å²) in [7, 11) is 1.52. The molecule has 0 fully saturated rings. The Balaban J connectivity index is 2.22. The highest BCUT2D eigenvalue weighted by molar-refractivity contribution is 5.81. The normalized spacial score (nSPS) is 15.6. The van der Waals surface area contributed by atoms with E-state index < -0.39 is 6.10 Å². The summed E-state index contributed by atoms with van der Waals surface area (Å²) in [5, 5.41) is 0. The lowest BCUT2D eigenvalue weighted by Gasteiger charge is -2.20. The Morgan fingerprint density at radius 1 is 1.56 bits per heavy atom. The number of ether oxygens (including phenoxy) is 1. The van der Waals surface area contributed by atoms with Gasteiger partial charge in [0.25, 0.3) is 11.5 Å². The predicted octanol–water partition coefficient (Wildman–Crippen LogP) is 0.346. The zero-order valence-corrected chi connectivity index (χ0v) is 10.8. The largest absolute Gasteiger partial charge is 0.372 e. The molecule has 6 nitrogen and oxygen atoms in total. The monoisotopic (exact) mass is 251 g/mol. The molecule has 18 heavy (non-hydrogen) atoms. The minimum atomic E-state index is -0.445. The molecule has 98 valence electrons. The van der Waals surface area contributed by atoms with E-state index in [0.29, 0.717) is 36.6 Å². The highest BCUT2D eigenvalue weighted by atomic mass is 16.5. The Bertz CT molecular complexity index is 520. The molecule has 1 aliphatic rings. The zero-order chi connectivity index (χ0) is 13.3. The van der Waals surface area contributed by atoms with Crippen molar-refractivity contribution >= 4 is 5.91 Å². The van der Waals surface area contributed by atoms with Crippen LogP contribution in [0.5, 0.6) is 0 Å². The van der Waals surface area contributed by atoms with E-state index in [2.05, 4.69) is 9.97 Å². The van der Waals surface area contributed by atoms with Gasteiger partial charge in [0.15, 0.2) is 0 Å². The van der Waals surface area contributed by atoms with Crippen LogP contribution in [0.2, 0.25) is 0 Å². The summed E-state index contributed by atoms with van der Waals surface area (Å²) in [5.74, 6) is 0.488. The fraction of sp³-hybridized carbons (Fsp3) is 0.583. The Kier molecular flexibility index (Phi) is 3.47. The number of aryl methyl sites for hydroxylation is 1. The van der Waals surface area contributed by atoms with E-state index >= 15 is 0 Å². The molecule has 0 radical (unpaired) electrons. The van der Waals surface area contributed by atoms with Crippen LogP contribution < -0.4 is 5.56 Å². The van der Waals surface area contributed by atoms with Gasteiger partial charge in [-0.3, -0.25) is 9.59 Å². The lowest BCUT2D eigenvalue weighted by Crippen LogP contribution is -2.36. The van der Waals surface area contributed by atoms with Gasteiger partial charge < -0.3 is 14.6 Å². The number of nitrogens with one attached hydrogen (secondary N) is 1. The highest BCUT2D eigenvalue weighted by Crippen LogP contribution is 2.19. The number of hydrogen-bond donors (Lipinski definition) is 1. The van der Waals surface area contributed by atoms with Crippen LogP contribution >= 0.6 is 0 Å². The molecule has 2 rings (SSSR count). The Labute approximate surface area is 105 Å². The number of hydrogen-bond acceptors (Lipinski definition) is 4. The molecule has 1 aliphatic heterocycles. The summed E-state index contributed by atoms with van der Waals surface area (Å²) in [6.45, 7) is 4.33. The zero-order valence-electron chi connectivity index (χ0n) is 10.8. The fourth-order valence-corrected chi connectivity index (χ4v) is 2.19. The van der Waals surface area contributed by atoms with Crippen molar-refractivity contribution in [2.45, 2.75) is 39.5 Å². The SMILES string of the molecule is CCC(OC)C(=O)N1Cc2nc(C)[nH]c(=O)c2C1. The average Bonchev–Trinajstić information content (AvgIpc) is 2.74. The molecule has 0 bridgehead atoms. The van der Waals surface area contributed by atoms with Crippen LogP contribution in [0, 0.1) is 6.92 Å². The first-order valence-electron chi connectivity index (χ1n) is 5.97. The van der Waals surface area contributed by atoms with Gasteiger partial charge in [0.05, 0.1) is 24.3 Å². The quantitative estimate of drug-likeness (QED) is 0.840. The standard InChI is InChI=1S/C12H17N3O3/c1-4-10(18-3)12(17)15-5-8-9(6-15)13-7(2)14-11(8)16/h10H,4-6H2,1-3H3,(H,13,14,16). The van der Waals surface area contributed by atoms with Crippen molar-refractivity contribution in [1.29, 1.82) is 0 Å². The van der Waals surface area contributed by atoms with Crippen molar-refractivity contribution in [2.24, 2.45) is 0 Å². The molecule has 6 heteroatoms. The number of aromatic nitrogens is 2. The molecule has 0 spiro atoms. The third-order valence-corrected chi connectivity index (χ3v) is 3.15. The Hall–Kier alpha value is -1.69. The van der Waals surface area contributed by atoms with Crippen LogP contribution in [0.15, 0.2) is 4.79 Å². The maximum absolute atomic E-state index is 12.1. The first kappa shape index (κ1) is 12.8. The molecule has 1 amide bonds. The molecule has 0 saturated heterocycles. The Morgan fingerprint density at radius 3 is 2.89 bits per heavy atom. The van der Waals surface area contributed by atoms with E-state index in [1.54, 1.807) is 11.8 Å². The van der Waals surface area contributed by atoms with Crippen LogP contribution in [0.25, 0.3) is 0 Å². The van der Waals surface area contributed by atoms with Crippen LogP contribution in [0.1, 0.15) is 30.4 Å². The third kappa shape index (κ3) is 2.15. The lowest BCUT2D eigenvalue weighted by atomic mass is 10.2. The molecule has 1 N–H and O–H groups in total. The van der Waals surface area contributed by atoms with Gasteiger partial charge in [-0.05, 0) is 13.3 Å².